The number of nitrogens with one attached hydrogen (secondary N) is 1. The smallest absolute Gasteiger partial charge is 0.271 e. The summed E-state index contributed by atoms with van der Waals surface area (Å²) in [5.41, 5.74) is -0.249. The van der Waals surface area contributed by atoms with E-state index in [0.29, 0.717) is 10.9 Å². The average molecular weight is 335 g/mol. The molecule has 1 saturated heterocycles. The largest absolute Gasteiger partial charge is 0.376 e. The first-order valence-corrected chi connectivity index (χ1v) is 8.81. The highest BCUT2D eigenvalue weighted by atomic mass is 32.1. The van der Waals surface area contributed by atoms with Crippen LogP contribution in [0, 0.1) is 5.92 Å². The number of carbonyl (C=O) groups is 1. The van der Waals surface area contributed by atoms with E-state index in [-0.39, 0.29) is 29.2 Å². The first kappa shape index (κ1) is 16.1. The maximum absolute atomic E-state index is 12.5. The zero-order valence-corrected chi connectivity index (χ0v) is 14.1. The third-order valence-electron chi connectivity index (χ3n) is 4.05. The molecule has 2 aromatic heterocycles. The lowest BCUT2D eigenvalue weighted by atomic mass is 9.94. The number of amides is 1. The Kier molecular flexibility index (Phi) is 4.77. The molecule has 0 aromatic carbocycles. The number of aromatic nitrogens is 2. The van der Waals surface area contributed by atoms with Gasteiger partial charge in [-0.3, -0.25) is 14.0 Å². The molecule has 1 N–H and O–H groups in total. The molecule has 0 spiro atoms. The van der Waals surface area contributed by atoms with E-state index in [2.05, 4.69) is 24.1 Å². The van der Waals surface area contributed by atoms with Crippen LogP contribution in [-0.2, 0) is 4.74 Å². The average Bonchev–Trinajstić information content (AvgIpc) is 2.98. The van der Waals surface area contributed by atoms with E-state index < -0.39 is 0 Å². The Morgan fingerprint density at radius 1 is 1.57 bits per heavy atom. The molecule has 2 aromatic rings. The lowest BCUT2D eigenvalue weighted by Crippen LogP contribution is -2.48. The van der Waals surface area contributed by atoms with Crippen molar-refractivity contribution in [1.82, 2.24) is 14.7 Å². The number of nitrogens with zero attached hydrogens (tertiary/aromatic N) is 2. The fourth-order valence-corrected chi connectivity index (χ4v) is 3.60. The maximum Gasteiger partial charge on any atom is 0.271 e. The molecule has 0 radical (unpaired) electrons. The van der Waals surface area contributed by atoms with Crippen LogP contribution in [0.1, 0.15) is 43.5 Å². The number of rotatable bonds is 4. The van der Waals surface area contributed by atoms with Crippen molar-refractivity contribution in [2.45, 2.75) is 45.3 Å². The van der Waals surface area contributed by atoms with E-state index in [1.807, 2.05) is 0 Å². The summed E-state index contributed by atoms with van der Waals surface area (Å²) >= 11 is 1.36. The molecule has 0 bridgehead atoms. The van der Waals surface area contributed by atoms with E-state index in [1.165, 1.54) is 21.9 Å². The van der Waals surface area contributed by atoms with Crippen LogP contribution < -0.4 is 10.9 Å². The summed E-state index contributed by atoms with van der Waals surface area (Å²) in [7, 11) is 0. The Morgan fingerprint density at radius 3 is 3.17 bits per heavy atom. The van der Waals surface area contributed by atoms with Crippen molar-refractivity contribution >= 4 is 22.2 Å². The summed E-state index contributed by atoms with van der Waals surface area (Å²) in [6.07, 6.45) is 5.69. The highest BCUT2D eigenvalue weighted by molar-refractivity contribution is 7.15. The third kappa shape index (κ3) is 3.45. The first-order valence-electron chi connectivity index (χ1n) is 7.93. The molecule has 0 unspecified atom stereocenters. The van der Waals surface area contributed by atoms with Crippen molar-refractivity contribution < 1.29 is 9.53 Å². The highest BCUT2D eigenvalue weighted by Gasteiger charge is 2.29. The number of carbonyl (C=O) groups excluding carboxylic acids is 1. The summed E-state index contributed by atoms with van der Waals surface area (Å²) in [5.74, 6) is 0.124. The van der Waals surface area contributed by atoms with Crippen molar-refractivity contribution in [3.63, 3.8) is 0 Å². The summed E-state index contributed by atoms with van der Waals surface area (Å²) in [6, 6.07) is -0.0544. The highest BCUT2D eigenvalue weighted by Crippen LogP contribution is 2.20. The van der Waals surface area contributed by atoms with Gasteiger partial charge in [-0.15, -0.1) is 11.3 Å². The molecular formula is C16H21N3O3S. The van der Waals surface area contributed by atoms with Crippen molar-refractivity contribution in [1.29, 1.82) is 0 Å². The van der Waals surface area contributed by atoms with Crippen molar-refractivity contribution in [2.75, 3.05) is 6.61 Å². The fraction of sp³-hybridized carbons (Fsp3) is 0.562. The summed E-state index contributed by atoms with van der Waals surface area (Å²) in [6.45, 7) is 5.00. The third-order valence-corrected chi connectivity index (χ3v) is 4.82. The Labute approximate surface area is 138 Å². The molecule has 1 fully saturated rings. The van der Waals surface area contributed by atoms with Crippen LogP contribution in [0.3, 0.4) is 0 Å². The van der Waals surface area contributed by atoms with Crippen LogP contribution in [-0.4, -0.2) is 34.0 Å². The van der Waals surface area contributed by atoms with Gasteiger partial charge in [0.1, 0.15) is 5.56 Å². The minimum atomic E-state index is -0.368. The van der Waals surface area contributed by atoms with E-state index in [1.54, 1.807) is 11.6 Å². The van der Waals surface area contributed by atoms with Crippen LogP contribution in [0.5, 0.6) is 0 Å². The van der Waals surface area contributed by atoms with Crippen LogP contribution in [0.15, 0.2) is 22.6 Å². The van der Waals surface area contributed by atoms with Gasteiger partial charge in [0.2, 0.25) is 0 Å². The van der Waals surface area contributed by atoms with Gasteiger partial charge < -0.3 is 10.1 Å². The number of ether oxygens (including phenoxy) is 1. The molecule has 1 aliphatic heterocycles. The molecule has 6 nitrogen and oxygen atoms in total. The number of thiazole rings is 1. The number of hydrogen-bond donors (Lipinski definition) is 1. The van der Waals surface area contributed by atoms with Gasteiger partial charge in [0.05, 0.1) is 12.1 Å². The zero-order chi connectivity index (χ0) is 16.4. The first-order chi connectivity index (χ1) is 11.1. The summed E-state index contributed by atoms with van der Waals surface area (Å²) < 4.78 is 7.22. The van der Waals surface area contributed by atoms with Gasteiger partial charge in [-0.1, -0.05) is 13.8 Å². The topological polar surface area (TPSA) is 72.7 Å². The molecular weight excluding hydrogens is 314 g/mol. The molecule has 124 valence electrons. The van der Waals surface area contributed by atoms with Crippen LogP contribution in [0.4, 0.5) is 0 Å². The second-order valence-electron chi connectivity index (χ2n) is 6.29. The maximum atomic E-state index is 12.5. The SMILES string of the molecule is CC(C)C[C@H]1OCCC[C@H]1NC(=O)c1cnc2sccn2c1=O. The van der Waals surface area contributed by atoms with E-state index in [4.69, 9.17) is 4.74 Å². The summed E-state index contributed by atoms with van der Waals surface area (Å²) in [5, 5.41) is 4.75. The second-order valence-corrected chi connectivity index (χ2v) is 7.17. The van der Waals surface area contributed by atoms with Crippen LogP contribution in [0.2, 0.25) is 0 Å². The Balaban J connectivity index is 1.79. The van der Waals surface area contributed by atoms with Crippen molar-refractivity contribution in [2.24, 2.45) is 5.92 Å². The molecule has 2 atom stereocenters. The lowest BCUT2D eigenvalue weighted by molar-refractivity contribution is -0.0186. The molecule has 0 saturated carbocycles. The monoisotopic (exact) mass is 335 g/mol. The van der Waals surface area contributed by atoms with Crippen LogP contribution >= 0.6 is 11.3 Å². The minimum absolute atomic E-state index is 0.00768. The van der Waals surface area contributed by atoms with Gasteiger partial charge in [0.15, 0.2) is 4.96 Å². The number of hydrogen-bond acceptors (Lipinski definition) is 5. The normalized spacial score (nSPS) is 21.7. The Morgan fingerprint density at radius 2 is 2.39 bits per heavy atom. The molecule has 3 heterocycles. The minimum Gasteiger partial charge on any atom is -0.376 e. The van der Waals surface area contributed by atoms with Crippen LogP contribution in [0.25, 0.3) is 4.96 Å². The number of fused-ring (bicyclic) bond motifs is 1. The predicted molar refractivity (Wildman–Crippen MR) is 89.0 cm³/mol. The predicted octanol–water partition coefficient (Wildman–Crippen LogP) is 2.08. The molecule has 1 aliphatic rings. The standard InChI is InChI=1S/C16H21N3O3S/c1-10(2)8-13-12(4-3-6-22-13)18-14(20)11-9-17-16-19(15(11)21)5-7-23-16/h5,7,9-10,12-13H,3-4,6,8H2,1-2H3,(H,18,20)/t12-,13-/m1/s1. The molecule has 23 heavy (non-hydrogen) atoms. The molecule has 0 aliphatic carbocycles. The molecule has 7 heteroatoms. The van der Waals surface area contributed by atoms with Crippen molar-refractivity contribution in [3.8, 4) is 0 Å². The Hall–Kier alpha value is -1.73. The lowest BCUT2D eigenvalue weighted by Gasteiger charge is -2.33. The van der Waals surface area contributed by atoms with Gasteiger partial charge in [0, 0.05) is 24.4 Å². The molecule has 1 amide bonds. The second kappa shape index (κ2) is 6.80. The van der Waals surface area contributed by atoms with Gasteiger partial charge >= 0.3 is 0 Å². The summed E-state index contributed by atoms with van der Waals surface area (Å²) in [4.78, 5) is 29.6. The van der Waals surface area contributed by atoms with E-state index in [0.717, 1.165) is 25.9 Å². The Bertz CT molecular complexity index is 752. The fourth-order valence-electron chi connectivity index (χ4n) is 2.93. The van der Waals surface area contributed by atoms with Gasteiger partial charge in [-0.25, -0.2) is 4.98 Å². The van der Waals surface area contributed by atoms with Gasteiger partial charge in [-0.05, 0) is 25.2 Å². The van der Waals surface area contributed by atoms with Crippen molar-refractivity contribution in [3.05, 3.63) is 33.7 Å². The van der Waals surface area contributed by atoms with E-state index in [9.17, 15) is 9.59 Å². The van der Waals surface area contributed by atoms with Gasteiger partial charge in [0.25, 0.3) is 11.5 Å². The van der Waals surface area contributed by atoms with Gasteiger partial charge in [-0.2, -0.15) is 0 Å². The van der Waals surface area contributed by atoms with E-state index >= 15 is 0 Å². The molecule has 3 rings (SSSR count). The zero-order valence-electron chi connectivity index (χ0n) is 13.3. The quantitative estimate of drug-likeness (QED) is 0.928.